The molecule has 254 valence electrons. The molecule has 0 amide bonds. The van der Waals surface area contributed by atoms with Gasteiger partial charge >= 0.3 is 0 Å². The average molecular weight is 690 g/mol. The third kappa shape index (κ3) is 5.13. The minimum absolute atomic E-state index is 0.535. The highest BCUT2D eigenvalue weighted by atomic mass is 15.3. The van der Waals surface area contributed by atoms with E-state index < -0.39 is 5.41 Å². The van der Waals surface area contributed by atoms with Gasteiger partial charge in [0.15, 0.2) is 0 Å². The molecule has 1 heterocycles. The summed E-state index contributed by atoms with van der Waals surface area (Å²) < 4.78 is 0. The fraction of sp³-hybridized carbons (Fsp3) is 0.0196. The molecule has 0 unspecified atom stereocenters. The molecule has 0 saturated heterocycles. The number of aromatic nitrogens is 2. The topological polar surface area (TPSA) is 29.0 Å². The van der Waals surface area contributed by atoms with Crippen molar-refractivity contribution in [2.45, 2.75) is 5.41 Å². The fourth-order valence-corrected chi connectivity index (χ4v) is 8.37. The van der Waals surface area contributed by atoms with Gasteiger partial charge in [-0.3, -0.25) is 4.90 Å². The molecule has 0 saturated carbocycles. The first-order valence-corrected chi connectivity index (χ1v) is 18.4. The highest BCUT2D eigenvalue weighted by molar-refractivity contribution is 5.95. The van der Waals surface area contributed by atoms with Crippen LogP contribution in [0.1, 0.15) is 22.3 Å². The summed E-state index contributed by atoms with van der Waals surface area (Å²) in [6.07, 6.45) is 0. The average Bonchev–Trinajstić information content (AvgIpc) is 3.55. The van der Waals surface area contributed by atoms with E-state index in [0.717, 1.165) is 39.1 Å². The molecule has 1 aromatic heterocycles. The van der Waals surface area contributed by atoms with Crippen LogP contribution in [0.5, 0.6) is 0 Å². The maximum atomic E-state index is 5.41. The number of hydrogen-bond acceptors (Lipinski definition) is 3. The van der Waals surface area contributed by atoms with Gasteiger partial charge in [-0.2, -0.15) is 0 Å². The van der Waals surface area contributed by atoms with Crippen LogP contribution in [0.15, 0.2) is 212 Å². The molecule has 9 aromatic rings. The van der Waals surface area contributed by atoms with Crippen LogP contribution in [-0.2, 0) is 5.41 Å². The summed E-state index contributed by atoms with van der Waals surface area (Å²) in [6, 6.07) is 75.7. The van der Waals surface area contributed by atoms with Crippen LogP contribution < -0.4 is 4.90 Å². The molecule has 0 aliphatic heterocycles. The van der Waals surface area contributed by atoms with Crippen LogP contribution in [0.3, 0.4) is 0 Å². The Labute approximate surface area is 315 Å². The van der Waals surface area contributed by atoms with Crippen LogP contribution >= 0.6 is 0 Å². The lowest BCUT2D eigenvalue weighted by atomic mass is 9.67. The molecule has 0 N–H and O–H groups in total. The molecule has 3 heteroatoms. The summed E-state index contributed by atoms with van der Waals surface area (Å²) in [6.45, 7) is 0. The lowest BCUT2D eigenvalue weighted by Gasteiger charge is -2.34. The van der Waals surface area contributed by atoms with Crippen molar-refractivity contribution >= 4 is 28.2 Å². The maximum Gasteiger partial charge on any atom is 0.235 e. The van der Waals surface area contributed by atoms with Crippen molar-refractivity contribution in [3.63, 3.8) is 0 Å². The number of para-hydroxylation sites is 1. The standard InChI is InChI=1S/C51H35N3/c1-5-17-36(18-6-1)37-29-31-41(32-30-37)54(50-52-48-28-16-14-26-45(48)49(53-50)38-19-7-2-8-20-38)42-33-34-44-43-25-13-15-27-46(43)51(47(44)35-42,39-21-9-3-10-22-39)40-23-11-4-12-24-40/h1-35H. The Balaban J connectivity index is 1.24. The molecule has 1 aliphatic carbocycles. The second kappa shape index (κ2) is 13.1. The minimum Gasteiger partial charge on any atom is -0.279 e. The summed E-state index contributed by atoms with van der Waals surface area (Å²) in [5.41, 5.74) is 14.0. The first-order valence-electron chi connectivity index (χ1n) is 18.4. The van der Waals surface area contributed by atoms with Crippen LogP contribution in [0.25, 0.3) is 44.4 Å². The van der Waals surface area contributed by atoms with Crippen molar-refractivity contribution < 1.29 is 0 Å². The lowest BCUT2D eigenvalue weighted by Crippen LogP contribution is -2.28. The van der Waals surface area contributed by atoms with Gasteiger partial charge in [0, 0.05) is 22.3 Å². The third-order valence-electron chi connectivity index (χ3n) is 10.8. The number of benzene rings is 8. The number of hydrogen-bond donors (Lipinski definition) is 0. The molecule has 0 fully saturated rings. The van der Waals surface area contributed by atoms with Crippen molar-refractivity contribution in [3.8, 4) is 33.5 Å². The number of nitrogens with zero attached hydrogens (tertiary/aromatic N) is 3. The van der Waals surface area contributed by atoms with Gasteiger partial charge in [0.2, 0.25) is 5.95 Å². The zero-order valence-electron chi connectivity index (χ0n) is 29.5. The largest absolute Gasteiger partial charge is 0.279 e. The van der Waals surface area contributed by atoms with Crippen LogP contribution in [-0.4, -0.2) is 9.97 Å². The van der Waals surface area contributed by atoms with Gasteiger partial charge in [0.25, 0.3) is 0 Å². The first-order chi connectivity index (χ1) is 26.8. The Morgan fingerprint density at radius 3 is 1.57 bits per heavy atom. The van der Waals surface area contributed by atoms with Crippen LogP contribution in [0.4, 0.5) is 17.3 Å². The number of rotatable bonds is 7. The Hall–Kier alpha value is -7.10. The van der Waals surface area contributed by atoms with Gasteiger partial charge in [-0.1, -0.05) is 182 Å². The Morgan fingerprint density at radius 2 is 0.889 bits per heavy atom. The van der Waals surface area contributed by atoms with E-state index in [1.165, 1.54) is 38.9 Å². The minimum atomic E-state index is -0.535. The van der Waals surface area contributed by atoms with E-state index >= 15 is 0 Å². The van der Waals surface area contributed by atoms with Crippen LogP contribution in [0.2, 0.25) is 0 Å². The van der Waals surface area contributed by atoms with Crippen molar-refractivity contribution in [2.24, 2.45) is 0 Å². The second-order valence-electron chi connectivity index (χ2n) is 13.8. The quantitative estimate of drug-likeness (QED) is 0.167. The fourth-order valence-electron chi connectivity index (χ4n) is 8.37. The molecular formula is C51H35N3. The van der Waals surface area contributed by atoms with Gasteiger partial charge in [0.05, 0.1) is 16.6 Å². The van der Waals surface area contributed by atoms with Gasteiger partial charge in [-0.25, -0.2) is 9.97 Å². The van der Waals surface area contributed by atoms with Crippen molar-refractivity contribution in [1.29, 1.82) is 0 Å². The first kappa shape index (κ1) is 31.6. The SMILES string of the molecule is c1ccc(-c2ccc(N(c3ccc4c(c3)C(c3ccccc3)(c3ccccc3)c3ccccc3-4)c3nc(-c4ccccc4)c4ccccc4n3)cc2)cc1. The molecule has 0 bridgehead atoms. The predicted molar refractivity (Wildman–Crippen MR) is 222 cm³/mol. The molecule has 0 atom stereocenters. The highest BCUT2D eigenvalue weighted by Crippen LogP contribution is 2.57. The van der Waals surface area contributed by atoms with Gasteiger partial charge in [-0.05, 0) is 74.8 Å². The molecule has 0 radical (unpaired) electrons. The highest BCUT2D eigenvalue weighted by Gasteiger charge is 2.46. The van der Waals surface area contributed by atoms with Gasteiger partial charge in [0.1, 0.15) is 0 Å². The predicted octanol–water partition coefficient (Wildman–Crippen LogP) is 12.8. The van der Waals surface area contributed by atoms with E-state index in [9.17, 15) is 0 Å². The van der Waals surface area contributed by atoms with E-state index in [-0.39, 0.29) is 0 Å². The maximum absolute atomic E-state index is 5.41. The third-order valence-corrected chi connectivity index (χ3v) is 10.8. The summed E-state index contributed by atoms with van der Waals surface area (Å²) in [5.74, 6) is 0.612. The zero-order chi connectivity index (χ0) is 35.9. The Kier molecular flexibility index (Phi) is 7.70. The van der Waals surface area contributed by atoms with E-state index in [4.69, 9.17) is 9.97 Å². The normalized spacial score (nSPS) is 12.6. The van der Waals surface area contributed by atoms with Crippen molar-refractivity contribution in [3.05, 3.63) is 235 Å². The van der Waals surface area contributed by atoms with Crippen LogP contribution in [0, 0.1) is 0 Å². The van der Waals surface area contributed by atoms with E-state index in [1.807, 2.05) is 12.1 Å². The lowest BCUT2D eigenvalue weighted by molar-refractivity contribution is 0.768. The molecule has 1 aliphatic rings. The zero-order valence-corrected chi connectivity index (χ0v) is 29.5. The molecule has 8 aromatic carbocycles. The number of anilines is 3. The van der Waals surface area contributed by atoms with E-state index in [1.54, 1.807) is 0 Å². The second-order valence-corrected chi connectivity index (χ2v) is 13.8. The number of fused-ring (bicyclic) bond motifs is 4. The Morgan fingerprint density at radius 1 is 0.370 bits per heavy atom. The van der Waals surface area contributed by atoms with Crippen molar-refractivity contribution in [2.75, 3.05) is 4.90 Å². The van der Waals surface area contributed by atoms with Gasteiger partial charge in [-0.15, -0.1) is 0 Å². The summed E-state index contributed by atoms with van der Waals surface area (Å²) in [5, 5.41) is 1.02. The molecule has 0 spiro atoms. The molecule has 54 heavy (non-hydrogen) atoms. The summed E-state index contributed by atoms with van der Waals surface area (Å²) in [7, 11) is 0. The van der Waals surface area contributed by atoms with E-state index in [0.29, 0.717) is 5.95 Å². The van der Waals surface area contributed by atoms with E-state index in [2.05, 4.69) is 205 Å². The molecule has 10 rings (SSSR count). The summed E-state index contributed by atoms with van der Waals surface area (Å²) in [4.78, 5) is 12.9. The molecular weight excluding hydrogens is 655 g/mol. The monoisotopic (exact) mass is 689 g/mol. The molecule has 3 nitrogen and oxygen atoms in total. The van der Waals surface area contributed by atoms with Crippen molar-refractivity contribution in [1.82, 2.24) is 9.97 Å². The Bertz CT molecular complexity index is 2710. The summed E-state index contributed by atoms with van der Waals surface area (Å²) >= 11 is 0. The smallest absolute Gasteiger partial charge is 0.235 e. The van der Waals surface area contributed by atoms with Gasteiger partial charge < -0.3 is 0 Å².